The first kappa shape index (κ1) is 18.0. The Morgan fingerprint density at radius 3 is 2.68 bits per heavy atom. The van der Waals surface area contributed by atoms with E-state index in [-0.39, 0.29) is 5.91 Å². The Labute approximate surface area is 132 Å². The summed E-state index contributed by atoms with van der Waals surface area (Å²) in [5.74, 6) is 0.306. The van der Waals surface area contributed by atoms with E-state index >= 15 is 0 Å². The number of nitrogens with zero attached hydrogens (tertiary/aromatic N) is 1. The maximum Gasteiger partial charge on any atom is 0.256 e. The smallest absolute Gasteiger partial charge is 0.256 e. The van der Waals surface area contributed by atoms with Crippen LogP contribution in [-0.4, -0.2) is 25.2 Å². The SMILES string of the molecule is CCCC[C@@](C)(OC)C(=O)Nc1ccc(OCC)c(C#N)c1. The molecule has 0 bridgehead atoms. The zero-order valence-corrected chi connectivity index (χ0v) is 13.7. The van der Waals surface area contributed by atoms with Crippen molar-refractivity contribution in [1.82, 2.24) is 0 Å². The van der Waals surface area contributed by atoms with Crippen LogP contribution >= 0.6 is 0 Å². The predicted molar refractivity (Wildman–Crippen MR) is 85.9 cm³/mol. The lowest BCUT2D eigenvalue weighted by molar-refractivity contribution is -0.136. The van der Waals surface area contributed by atoms with Gasteiger partial charge in [-0.15, -0.1) is 0 Å². The molecule has 120 valence electrons. The molecule has 0 saturated heterocycles. The number of hydrogen-bond acceptors (Lipinski definition) is 4. The standard InChI is InChI=1S/C17H24N2O3/c1-5-7-10-17(3,21-4)16(20)19-14-8-9-15(22-6-2)13(11-14)12-18/h8-9,11H,5-7,10H2,1-4H3,(H,19,20)/t17-/m1/s1. The van der Waals surface area contributed by atoms with Crippen molar-refractivity contribution in [3.05, 3.63) is 23.8 Å². The molecule has 22 heavy (non-hydrogen) atoms. The zero-order valence-electron chi connectivity index (χ0n) is 13.7. The molecule has 0 heterocycles. The molecule has 0 aliphatic rings. The quantitative estimate of drug-likeness (QED) is 0.798. The van der Waals surface area contributed by atoms with Crippen LogP contribution < -0.4 is 10.1 Å². The predicted octanol–water partition coefficient (Wildman–Crippen LogP) is 3.49. The number of hydrogen-bond donors (Lipinski definition) is 1. The Hall–Kier alpha value is -2.06. The molecule has 0 aliphatic carbocycles. The Morgan fingerprint density at radius 1 is 1.41 bits per heavy atom. The number of ether oxygens (including phenoxy) is 2. The van der Waals surface area contributed by atoms with Gasteiger partial charge in [0.15, 0.2) is 0 Å². The van der Waals surface area contributed by atoms with E-state index < -0.39 is 5.60 Å². The van der Waals surface area contributed by atoms with Crippen molar-refractivity contribution in [1.29, 1.82) is 5.26 Å². The number of unbranched alkanes of at least 4 members (excludes halogenated alkanes) is 1. The number of anilines is 1. The average molecular weight is 304 g/mol. The Balaban J connectivity index is 2.89. The fourth-order valence-electron chi connectivity index (χ4n) is 2.06. The van der Waals surface area contributed by atoms with Crippen LogP contribution in [0.25, 0.3) is 0 Å². The second-order valence-electron chi connectivity index (χ2n) is 5.25. The van der Waals surface area contributed by atoms with Crippen molar-refractivity contribution < 1.29 is 14.3 Å². The maximum atomic E-state index is 12.4. The number of carbonyl (C=O) groups excluding carboxylic acids is 1. The fraction of sp³-hybridized carbons (Fsp3) is 0.529. The van der Waals surface area contributed by atoms with Gasteiger partial charge in [0.25, 0.3) is 5.91 Å². The van der Waals surface area contributed by atoms with E-state index in [1.165, 1.54) is 7.11 Å². The molecule has 1 amide bonds. The van der Waals surface area contributed by atoms with Gasteiger partial charge < -0.3 is 14.8 Å². The molecule has 1 aromatic carbocycles. The monoisotopic (exact) mass is 304 g/mol. The lowest BCUT2D eigenvalue weighted by Gasteiger charge is -2.26. The Bertz CT molecular complexity index is 551. The molecule has 1 rings (SSSR count). The van der Waals surface area contributed by atoms with Crippen LogP contribution in [0.1, 0.15) is 45.6 Å². The molecule has 1 atom stereocenters. The molecule has 0 aromatic heterocycles. The van der Waals surface area contributed by atoms with E-state index in [1.54, 1.807) is 25.1 Å². The summed E-state index contributed by atoms with van der Waals surface area (Å²) < 4.78 is 10.8. The molecule has 0 unspecified atom stereocenters. The molecule has 0 aliphatic heterocycles. The summed E-state index contributed by atoms with van der Waals surface area (Å²) in [4.78, 5) is 12.4. The average Bonchev–Trinajstić information content (AvgIpc) is 2.54. The third-order valence-corrected chi connectivity index (χ3v) is 3.60. The minimum absolute atomic E-state index is 0.212. The minimum Gasteiger partial charge on any atom is -0.492 e. The second kappa shape index (κ2) is 8.40. The van der Waals surface area contributed by atoms with Crippen molar-refractivity contribution in [2.45, 2.75) is 45.6 Å². The third kappa shape index (κ3) is 4.47. The number of nitrogens with one attached hydrogen (secondary N) is 1. The van der Waals surface area contributed by atoms with Crippen LogP contribution in [0.15, 0.2) is 18.2 Å². The van der Waals surface area contributed by atoms with Gasteiger partial charge in [0.2, 0.25) is 0 Å². The van der Waals surface area contributed by atoms with Crippen LogP contribution in [0.3, 0.4) is 0 Å². The third-order valence-electron chi connectivity index (χ3n) is 3.60. The van der Waals surface area contributed by atoms with Gasteiger partial charge in [-0.05, 0) is 38.5 Å². The van der Waals surface area contributed by atoms with Crippen molar-refractivity contribution in [2.75, 3.05) is 19.0 Å². The van der Waals surface area contributed by atoms with Crippen molar-refractivity contribution in [3.8, 4) is 11.8 Å². The molecule has 0 radical (unpaired) electrons. The highest BCUT2D eigenvalue weighted by Crippen LogP contribution is 2.25. The first-order chi connectivity index (χ1) is 10.5. The van der Waals surface area contributed by atoms with Crippen molar-refractivity contribution in [3.63, 3.8) is 0 Å². The van der Waals surface area contributed by atoms with E-state index in [9.17, 15) is 4.79 Å². The van der Waals surface area contributed by atoms with E-state index in [2.05, 4.69) is 18.3 Å². The summed E-state index contributed by atoms with van der Waals surface area (Å²) in [6.07, 6.45) is 2.55. The summed E-state index contributed by atoms with van der Waals surface area (Å²) in [5, 5.41) is 12.0. The molecule has 0 spiro atoms. The van der Waals surface area contributed by atoms with Gasteiger partial charge in [-0.2, -0.15) is 5.26 Å². The minimum atomic E-state index is -0.874. The maximum absolute atomic E-state index is 12.4. The normalized spacial score (nSPS) is 13.0. The summed E-state index contributed by atoms with van der Waals surface area (Å²) in [7, 11) is 1.54. The number of rotatable bonds is 8. The fourth-order valence-corrected chi connectivity index (χ4v) is 2.06. The highest BCUT2D eigenvalue weighted by molar-refractivity contribution is 5.97. The molecule has 0 saturated carbocycles. The molecule has 1 N–H and O–H groups in total. The summed E-state index contributed by atoms with van der Waals surface area (Å²) in [5.41, 5.74) is 0.0820. The summed E-state index contributed by atoms with van der Waals surface area (Å²) >= 11 is 0. The van der Waals surface area contributed by atoms with Gasteiger partial charge in [0, 0.05) is 12.8 Å². The van der Waals surface area contributed by atoms with E-state index in [1.807, 2.05) is 6.92 Å². The summed E-state index contributed by atoms with van der Waals surface area (Å²) in [6.45, 7) is 6.19. The topological polar surface area (TPSA) is 71.3 Å². The van der Waals surface area contributed by atoms with Gasteiger partial charge >= 0.3 is 0 Å². The zero-order chi connectivity index (χ0) is 16.6. The molecular formula is C17H24N2O3. The van der Waals surface area contributed by atoms with Gasteiger partial charge in [-0.25, -0.2) is 0 Å². The van der Waals surface area contributed by atoms with E-state index in [4.69, 9.17) is 14.7 Å². The van der Waals surface area contributed by atoms with E-state index in [0.29, 0.717) is 30.0 Å². The Kier molecular flexibility index (Phi) is 6.87. The van der Waals surface area contributed by atoms with E-state index in [0.717, 1.165) is 12.8 Å². The number of carbonyl (C=O) groups is 1. The second-order valence-corrected chi connectivity index (χ2v) is 5.25. The summed E-state index contributed by atoms with van der Waals surface area (Å²) in [6, 6.07) is 7.09. The lowest BCUT2D eigenvalue weighted by atomic mass is 9.97. The van der Waals surface area contributed by atoms with Gasteiger partial charge in [0.1, 0.15) is 17.4 Å². The van der Waals surface area contributed by atoms with Crippen LogP contribution in [0.4, 0.5) is 5.69 Å². The highest BCUT2D eigenvalue weighted by Gasteiger charge is 2.32. The van der Waals surface area contributed by atoms with Crippen LogP contribution in [0, 0.1) is 11.3 Å². The largest absolute Gasteiger partial charge is 0.492 e. The highest BCUT2D eigenvalue weighted by atomic mass is 16.5. The number of amides is 1. The van der Waals surface area contributed by atoms with Crippen molar-refractivity contribution >= 4 is 11.6 Å². The molecule has 1 aromatic rings. The Morgan fingerprint density at radius 2 is 2.14 bits per heavy atom. The van der Waals surface area contributed by atoms with Crippen LogP contribution in [0.2, 0.25) is 0 Å². The first-order valence-electron chi connectivity index (χ1n) is 7.54. The van der Waals surface area contributed by atoms with Crippen LogP contribution in [-0.2, 0) is 9.53 Å². The van der Waals surface area contributed by atoms with Crippen LogP contribution in [0.5, 0.6) is 5.75 Å². The van der Waals surface area contributed by atoms with Gasteiger partial charge in [-0.3, -0.25) is 4.79 Å². The number of nitriles is 1. The van der Waals surface area contributed by atoms with Gasteiger partial charge in [0.05, 0.1) is 12.2 Å². The molecular weight excluding hydrogens is 280 g/mol. The number of methoxy groups -OCH3 is 1. The molecule has 0 fully saturated rings. The van der Waals surface area contributed by atoms with Crippen molar-refractivity contribution in [2.24, 2.45) is 0 Å². The lowest BCUT2D eigenvalue weighted by Crippen LogP contribution is -2.41. The molecule has 5 nitrogen and oxygen atoms in total. The first-order valence-corrected chi connectivity index (χ1v) is 7.54. The molecule has 5 heteroatoms. The number of benzene rings is 1. The van der Waals surface area contributed by atoms with Gasteiger partial charge in [-0.1, -0.05) is 19.8 Å².